The fourth-order valence-corrected chi connectivity index (χ4v) is 4.98. The summed E-state index contributed by atoms with van der Waals surface area (Å²) in [5.41, 5.74) is 15.9. The smallest absolute Gasteiger partial charge is 0.241 e. The van der Waals surface area contributed by atoms with Crippen LogP contribution in [0.5, 0.6) is 5.75 Å². The average molecular weight is 515 g/mol. The van der Waals surface area contributed by atoms with Gasteiger partial charge in [-0.1, -0.05) is 32.0 Å². The van der Waals surface area contributed by atoms with Crippen LogP contribution in [0.25, 0.3) is 22.4 Å². The Hall–Kier alpha value is -4.13. The Balaban J connectivity index is 1.83. The lowest BCUT2D eigenvalue weighted by Crippen LogP contribution is -2.38. The van der Waals surface area contributed by atoms with Gasteiger partial charge in [-0.2, -0.15) is 5.26 Å². The fourth-order valence-electron chi connectivity index (χ4n) is 4.98. The van der Waals surface area contributed by atoms with E-state index in [0.717, 1.165) is 25.1 Å². The first-order valence-corrected chi connectivity index (χ1v) is 12.8. The van der Waals surface area contributed by atoms with Gasteiger partial charge in [0, 0.05) is 17.7 Å². The maximum absolute atomic E-state index is 13.1. The Labute approximate surface area is 222 Å². The van der Waals surface area contributed by atoms with Crippen molar-refractivity contribution in [1.29, 1.82) is 5.26 Å². The predicted octanol–water partition coefficient (Wildman–Crippen LogP) is 3.85. The van der Waals surface area contributed by atoms with E-state index in [1.165, 1.54) is 0 Å². The molecule has 9 nitrogen and oxygen atoms in total. The van der Waals surface area contributed by atoms with Gasteiger partial charge in [0.15, 0.2) is 0 Å². The number of nitrogen functional groups attached to an aromatic ring is 1. The largest absolute Gasteiger partial charge is 0.507 e. The third kappa shape index (κ3) is 5.57. The van der Waals surface area contributed by atoms with Crippen LogP contribution in [-0.2, 0) is 4.79 Å². The first kappa shape index (κ1) is 26.9. The molecule has 1 saturated heterocycles. The van der Waals surface area contributed by atoms with Crippen molar-refractivity contribution in [2.45, 2.75) is 45.2 Å². The standard InChI is InChI=1S/C29H34N6O3/c1-17(2)12-23(31)29(38)34-25-13-18(9-10-26(25)35-11-5-6-19(35)16-36)21-14-24(33-28(32)22(21)15-30)20-7-3-4-8-27(20)37/h3-4,7-10,13-14,17,19,23,36-37H,5-6,11-12,16,31H2,1-2H3,(H2,32,33)(H,34,38)/t19?,23-/m0/s1. The number of aliphatic hydroxyl groups is 1. The predicted molar refractivity (Wildman–Crippen MR) is 149 cm³/mol. The van der Waals surface area contributed by atoms with E-state index < -0.39 is 6.04 Å². The van der Waals surface area contributed by atoms with Gasteiger partial charge in [0.2, 0.25) is 5.91 Å². The van der Waals surface area contributed by atoms with Gasteiger partial charge in [-0.05, 0) is 61.1 Å². The van der Waals surface area contributed by atoms with Crippen molar-refractivity contribution < 1.29 is 15.0 Å². The number of carbonyl (C=O) groups is 1. The summed E-state index contributed by atoms with van der Waals surface area (Å²) in [6, 6.07) is 15.4. The maximum Gasteiger partial charge on any atom is 0.241 e. The molecule has 38 heavy (non-hydrogen) atoms. The molecule has 1 aromatic heterocycles. The molecule has 0 radical (unpaired) electrons. The monoisotopic (exact) mass is 514 g/mol. The van der Waals surface area contributed by atoms with Gasteiger partial charge in [0.1, 0.15) is 23.2 Å². The molecular weight excluding hydrogens is 480 g/mol. The quantitative estimate of drug-likeness (QED) is 0.303. The molecule has 0 aliphatic carbocycles. The highest BCUT2D eigenvalue weighted by Crippen LogP contribution is 2.39. The molecular formula is C29H34N6O3. The number of aromatic hydroxyl groups is 1. The number of nitriles is 1. The number of nitrogens with one attached hydrogen (secondary N) is 1. The van der Waals surface area contributed by atoms with Crippen LogP contribution in [0.1, 0.15) is 38.7 Å². The number of phenolic OH excluding ortho intramolecular Hbond substituents is 1. The molecule has 4 rings (SSSR count). The Morgan fingerprint density at radius 2 is 2.00 bits per heavy atom. The molecule has 198 valence electrons. The van der Waals surface area contributed by atoms with Crippen LogP contribution >= 0.6 is 0 Å². The summed E-state index contributed by atoms with van der Waals surface area (Å²) in [5, 5.41) is 33.2. The number of anilines is 3. The van der Waals surface area contributed by atoms with Crippen molar-refractivity contribution in [2.24, 2.45) is 11.7 Å². The number of aromatic nitrogens is 1. The Kier molecular flexibility index (Phi) is 8.15. The number of nitrogens with zero attached hydrogens (tertiary/aromatic N) is 3. The summed E-state index contributed by atoms with van der Waals surface area (Å²) in [6.45, 7) is 4.77. The Morgan fingerprint density at radius 3 is 2.68 bits per heavy atom. The number of carbonyl (C=O) groups excluding carboxylic acids is 1. The van der Waals surface area contributed by atoms with E-state index in [2.05, 4.69) is 21.3 Å². The second-order valence-electron chi connectivity index (χ2n) is 10.1. The summed E-state index contributed by atoms with van der Waals surface area (Å²) < 4.78 is 0. The number of hydrogen-bond acceptors (Lipinski definition) is 8. The number of aliphatic hydroxyl groups excluding tert-OH is 1. The van der Waals surface area contributed by atoms with Crippen molar-refractivity contribution in [3.05, 3.63) is 54.1 Å². The molecule has 3 aromatic rings. The summed E-state index contributed by atoms with van der Waals surface area (Å²) in [4.78, 5) is 19.5. The zero-order valence-electron chi connectivity index (χ0n) is 21.7. The van der Waals surface area contributed by atoms with Gasteiger partial charge >= 0.3 is 0 Å². The highest BCUT2D eigenvalue weighted by Gasteiger charge is 2.27. The van der Waals surface area contributed by atoms with E-state index >= 15 is 0 Å². The van der Waals surface area contributed by atoms with Crippen molar-refractivity contribution >= 4 is 23.1 Å². The lowest BCUT2D eigenvalue weighted by Gasteiger charge is -2.28. The SMILES string of the molecule is CC(C)C[C@H](N)C(=O)Nc1cc(-c2cc(-c3ccccc3O)nc(N)c2C#N)ccc1N1CCCC1CO. The molecule has 0 saturated carbocycles. The molecule has 0 spiro atoms. The van der Waals surface area contributed by atoms with E-state index in [0.29, 0.717) is 34.5 Å². The zero-order valence-corrected chi connectivity index (χ0v) is 21.7. The van der Waals surface area contributed by atoms with E-state index in [-0.39, 0.29) is 41.6 Å². The molecule has 2 atom stereocenters. The van der Waals surface area contributed by atoms with Crippen LogP contribution in [-0.4, -0.2) is 46.3 Å². The molecule has 0 bridgehead atoms. The van der Waals surface area contributed by atoms with Crippen molar-refractivity contribution in [3.8, 4) is 34.2 Å². The van der Waals surface area contributed by atoms with Crippen LogP contribution < -0.4 is 21.7 Å². The van der Waals surface area contributed by atoms with E-state index in [9.17, 15) is 20.3 Å². The van der Waals surface area contributed by atoms with Crippen molar-refractivity contribution in [3.63, 3.8) is 0 Å². The number of pyridine rings is 1. The Morgan fingerprint density at radius 1 is 1.24 bits per heavy atom. The minimum atomic E-state index is -0.683. The topological polar surface area (TPSA) is 162 Å². The van der Waals surface area contributed by atoms with Gasteiger partial charge in [-0.25, -0.2) is 4.98 Å². The molecule has 2 heterocycles. The number of hydrogen-bond donors (Lipinski definition) is 5. The summed E-state index contributed by atoms with van der Waals surface area (Å²) in [6.07, 6.45) is 2.31. The van der Waals surface area contributed by atoms with Crippen molar-refractivity contribution in [1.82, 2.24) is 4.98 Å². The summed E-state index contributed by atoms with van der Waals surface area (Å²) >= 11 is 0. The molecule has 1 aliphatic heterocycles. The third-order valence-electron chi connectivity index (χ3n) is 6.86. The summed E-state index contributed by atoms with van der Waals surface area (Å²) in [5.74, 6) is 0.0320. The first-order valence-electron chi connectivity index (χ1n) is 12.8. The molecule has 2 aromatic carbocycles. The molecule has 9 heteroatoms. The number of phenols is 1. The molecule has 1 aliphatic rings. The van der Waals surface area contributed by atoms with Gasteiger partial charge in [0.25, 0.3) is 0 Å². The fraction of sp³-hybridized carbons (Fsp3) is 0.345. The lowest BCUT2D eigenvalue weighted by molar-refractivity contribution is -0.117. The number of rotatable bonds is 8. The zero-order chi connectivity index (χ0) is 27.4. The molecule has 1 unspecified atom stereocenters. The van der Waals surface area contributed by atoms with Gasteiger partial charge in [-0.15, -0.1) is 0 Å². The third-order valence-corrected chi connectivity index (χ3v) is 6.86. The van der Waals surface area contributed by atoms with Crippen LogP contribution in [0.4, 0.5) is 17.2 Å². The van der Waals surface area contributed by atoms with Gasteiger partial charge < -0.3 is 31.9 Å². The molecule has 7 N–H and O–H groups in total. The number of amides is 1. The average Bonchev–Trinajstić information content (AvgIpc) is 3.36. The maximum atomic E-state index is 13.1. The van der Waals surface area contributed by atoms with Crippen LogP contribution in [0.15, 0.2) is 48.5 Å². The first-order chi connectivity index (χ1) is 18.2. The minimum absolute atomic E-state index is 0.00536. The van der Waals surface area contributed by atoms with E-state index in [4.69, 9.17) is 11.5 Å². The Bertz CT molecular complexity index is 1370. The van der Waals surface area contributed by atoms with Crippen LogP contribution in [0.3, 0.4) is 0 Å². The summed E-state index contributed by atoms with van der Waals surface area (Å²) in [7, 11) is 0. The number of nitrogens with two attached hydrogens (primary N) is 2. The molecule has 1 fully saturated rings. The lowest BCUT2D eigenvalue weighted by atomic mass is 9.97. The molecule has 1 amide bonds. The van der Waals surface area contributed by atoms with Gasteiger partial charge in [-0.3, -0.25) is 4.79 Å². The van der Waals surface area contributed by atoms with Crippen LogP contribution in [0.2, 0.25) is 0 Å². The highest BCUT2D eigenvalue weighted by atomic mass is 16.3. The van der Waals surface area contributed by atoms with Gasteiger partial charge in [0.05, 0.1) is 35.8 Å². The van der Waals surface area contributed by atoms with E-state index in [1.807, 2.05) is 26.0 Å². The van der Waals surface area contributed by atoms with Crippen molar-refractivity contribution in [2.75, 3.05) is 29.1 Å². The van der Waals surface area contributed by atoms with Crippen LogP contribution in [0, 0.1) is 17.2 Å². The second kappa shape index (κ2) is 11.5. The number of benzene rings is 2. The minimum Gasteiger partial charge on any atom is -0.507 e. The second-order valence-corrected chi connectivity index (χ2v) is 10.1. The highest BCUT2D eigenvalue weighted by molar-refractivity contribution is 5.99. The normalized spacial score (nSPS) is 15.9. The van der Waals surface area contributed by atoms with E-state index in [1.54, 1.807) is 36.4 Å². The number of para-hydroxylation sites is 1.